The van der Waals surface area contributed by atoms with Crippen molar-refractivity contribution in [1.29, 1.82) is 0 Å². The molecule has 112 valence electrons. The summed E-state index contributed by atoms with van der Waals surface area (Å²) in [7, 11) is 0. The number of carboxylic acids is 1. The molecule has 8 heteroatoms. The Bertz CT molecular complexity index is 690. The van der Waals surface area contributed by atoms with Crippen molar-refractivity contribution in [3.8, 4) is 0 Å². The average molecular weight is 308 g/mol. The van der Waals surface area contributed by atoms with Gasteiger partial charge in [0, 0.05) is 17.6 Å². The molecule has 0 aliphatic rings. The van der Waals surface area contributed by atoms with Crippen LogP contribution in [0.3, 0.4) is 0 Å². The lowest BCUT2D eigenvalue weighted by molar-refractivity contribution is 0.0697. The van der Waals surface area contributed by atoms with Gasteiger partial charge in [0.15, 0.2) is 0 Å². The van der Waals surface area contributed by atoms with Gasteiger partial charge in [0.2, 0.25) is 0 Å². The number of aromatic nitrogens is 2. The van der Waals surface area contributed by atoms with E-state index in [1.807, 2.05) is 13.8 Å². The lowest BCUT2D eigenvalue weighted by Gasteiger charge is -2.05. The van der Waals surface area contributed by atoms with Gasteiger partial charge < -0.3 is 10.4 Å². The number of aromatic carboxylic acids is 1. The lowest BCUT2D eigenvalue weighted by Crippen LogP contribution is -2.20. The summed E-state index contributed by atoms with van der Waals surface area (Å²) in [5, 5.41) is 18.8. The number of anilines is 2. The molecule has 0 bridgehead atoms. The van der Waals surface area contributed by atoms with Crippen molar-refractivity contribution >= 4 is 34.0 Å². The Kier molecular flexibility index (Phi) is 4.27. The predicted molar refractivity (Wildman–Crippen MR) is 81.3 cm³/mol. The smallest absolute Gasteiger partial charge is 0.338 e. The molecule has 0 aliphatic heterocycles. The first-order valence-electron chi connectivity index (χ1n) is 6.36. The van der Waals surface area contributed by atoms with E-state index in [1.165, 1.54) is 17.5 Å². The van der Waals surface area contributed by atoms with Gasteiger partial charge in [-0.2, -0.15) is 5.10 Å². The maximum Gasteiger partial charge on any atom is 0.338 e. The molecule has 0 saturated heterocycles. The zero-order chi connectivity index (χ0) is 15.6. The minimum atomic E-state index is -1.05. The Hall–Kier alpha value is -2.35. The van der Waals surface area contributed by atoms with Gasteiger partial charge in [0.05, 0.1) is 17.4 Å². The summed E-state index contributed by atoms with van der Waals surface area (Å²) in [6.45, 7) is 6.19. The number of rotatable bonds is 4. The van der Waals surface area contributed by atoms with E-state index in [0.29, 0.717) is 22.8 Å². The molecule has 0 spiro atoms. The van der Waals surface area contributed by atoms with Gasteiger partial charge in [-0.25, -0.2) is 9.59 Å². The number of hydrogen-bond donors (Lipinski definition) is 3. The van der Waals surface area contributed by atoms with Crippen molar-refractivity contribution in [2.75, 3.05) is 10.6 Å². The van der Waals surface area contributed by atoms with Gasteiger partial charge in [0.1, 0.15) is 5.00 Å². The number of urea groups is 1. The highest BCUT2D eigenvalue weighted by atomic mass is 32.1. The molecule has 2 amide bonds. The Morgan fingerprint density at radius 2 is 2.10 bits per heavy atom. The third-order valence-electron chi connectivity index (χ3n) is 3.04. The summed E-state index contributed by atoms with van der Waals surface area (Å²) in [6, 6.07) is -0.491. The number of carboxylic acid groups (broad SMARTS) is 1. The Morgan fingerprint density at radius 3 is 2.67 bits per heavy atom. The molecular formula is C13H16N4O3S. The first-order valence-corrected chi connectivity index (χ1v) is 7.17. The summed E-state index contributed by atoms with van der Waals surface area (Å²) in [6.07, 6.45) is 3.23. The first kappa shape index (κ1) is 15.0. The molecular weight excluding hydrogens is 292 g/mol. The van der Waals surface area contributed by atoms with Crippen LogP contribution in [0.1, 0.15) is 27.7 Å². The van der Waals surface area contributed by atoms with Crippen LogP contribution in [0.5, 0.6) is 0 Å². The molecule has 2 aromatic heterocycles. The molecule has 2 aromatic rings. The van der Waals surface area contributed by atoms with Gasteiger partial charge in [0.25, 0.3) is 0 Å². The molecule has 21 heavy (non-hydrogen) atoms. The van der Waals surface area contributed by atoms with E-state index in [-0.39, 0.29) is 5.56 Å². The van der Waals surface area contributed by atoms with Crippen molar-refractivity contribution in [2.45, 2.75) is 27.3 Å². The number of nitrogens with zero attached hydrogens (tertiary/aromatic N) is 2. The van der Waals surface area contributed by atoms with Crippen molar-refractivity contribution in [3.05, 3.63) is 28.4 Å². The Morgan fingerprint density at radius 1 is 1.38 bits per heavy atom. The molecule has 2 rings (SSSR count). The third kappa shape index (κ3) is 3.22. The highest BCUT2D eigenvalue weighted by molar-refractivity contribution is 7.16. The molecule has 3 N–H and O–H groups in total. The van der Waals surface area contributed by atoms with E-state index >= 15 is 0 Å². The van der Waals surface area contributed by atoms with Crippen LogP contribution in [-0.2, 0) is 6.54 Å². The standard InChI is InChI=1S/C13H16N4O3S/c1-4-17-6-9(5-14-17)15-13(20)16-11-10(12(18)19)7(2)8(3)21-11/h5-6H,4H2,1-3H3,(H,18,19)(H2,15,16,20). The van der Waals surface area contributed by atoms with Crippen LogP contribution in [0.15, 0.2) is 12.4 Å². The SMILES string of the molecule is CCn1cc(NC(=O)Nc2sc(C)c(C)c2C(=O)O)cn1. The summed E-state index contributed by atoms with van der Waals surface area (Å²) in [5.74, 6) is -1.05. The van der Waals surface area contributed by atoms with Crippen molar-refractivity contribution in [2.24, 2.45) is 0 Å². The van der Waals surface area contributed by atoms with E-state index < -0.39 is 12.0 Å². The first-order chi connectivity index (χ1) is 9.92. The van der Waals surface area contributed by atoms with E-state index in [9.17, 15) is 14.7 Å². The minimum absolute atomic E-state index is 0.136. The van der Waals surface area contributed by atoms with Crippen LogP contribution < -0.4 is 10.6 Å². The second-order valence-corrected chi connectivity index (χ2v) is 5.68. The molecule has 0 saturated carbocycles. The summed E-state index contributed by atoms with van der Waals surface area (Å²) >= 11 is 1.24. The zero-order valence-corrected chi connectivity index (χ0v) is 12.7. The van der Waals surface area contributed by atoms with Gasteiger partial charge in [-0.05, 0) is 26.3 Å². The molecule has 0 fully saturated rings. The quantitative estimate of drug-likeness (QED) is 0.809. The van der Waals surface area contributed by atoms with Crippen LogP contribution >= 0.6 is 11.3 Å². The van der Waals surface area contributed by atoms with E-state index in [1.54, 1.807) is 17.8 Å². The Balaban J connectivity index is 2.13. The second kappa shape index (κ2) is 5.96. The summed E-state index contributed by atoms with van der Waals surface area (Å²) in [5.41, 5.74) is 1.36. The third-order valence-corrected chi connectivity index (χ3v) is 4.16. The van der Waals surface area contributed by atoms with Crippen molar-refractivity contribution in [1.82, 2.24) is 9.78 Å². The molecule has 7 nitrogen and oxygen atoms in total. The predicted octanol–water partition coefficient (Wildman–Crippen LogP) is 2.92. The number of carbonyl (C=O) groups is 2. The fourth-order valence-corrected chi connectivity index (χ4v) is 2.89. The van der Waals surface area contributed by atoms with Crippen LogP contribution in [0, 0.1) is 13.8 Å². The van der Waals surface area contributed by atoms with Crippen LogP contribution in [0.4, 0.5) is 15.5 Å². The topological polar surface area (TPSA) is 96.2 Å². The fourth-order valence-electron chi connectivity index (χ4n) is 1.84. The minimum Gasteiger partial charge on any atom is -0.478 e. The largest absolute Gasteiger partial charge is 0.478 e. The van der Waals surface area contributed by atoms with Gasteiger partial charge in [-0.15, -0.1) is 11.3 Å². The number of thiophene rings is 1. The van der Waals surface area contributed by atoms with Crippen LogP contribution in [-0.4, -0.2) is 26.9 Å². The lowest BCUT2D eigenvalue weighted by atomic mass is 10.1. The van der Waals surface area contributed by atoms with Gasteiger partial charge in [-0.1, -0.05) is 0 Å². The summed E-state index contributed by atoms with van der Waals surface area (Å²) in [4.78, 5) is 24.1. The molecule has 0 aliphatic carbocycles. The van der Waals surface area contributed by atoms with E-state index in [0.717, 1.165) is 4.88 Å². The number of aryl methyl sites for hydroxylation is 2. The monoisotopic (exact) mass is 308 g/mol. The van der Waals surface area contributed by atoms with E-state index in [4.69, 9.17) is 0 Å². The highest BCUT2D eigenvalue weighted by Crippen LogP contribution is 2.32. The number of hydrogen-bond acceptors (Lipinski definition) is 4. The van der Waals surface area contributed by atoms with Crippen molar-refractivity contribution in [3.63, 3.8) is 0 Å². The number of carbonyl (C=O) groups excluding carboxylic acids is 1. The average Bonchev–Trinajstić information content (AvgIpc) is 2.95. The molecule has 0 unspecified atom stereocenters. The zero-order valence-electron chi connectivity index (χ0n) is 11.9. The van der Waals surface area contributed by atoms with Gasteiger partial charge in [-0.3, -0.25) is 10.00 Å². The number of amides is 2. The molecule has 0 radical (unpaired) electrons. The van der Waals surface area contributed by atoms with Crippen molar-refractivity contribution < 1.29 is 14.7 Å². The van der Waals surface area contributed by atoms with Crippen LogP contribution in [0.25, 0.3) is 0 Å². The molecule has 0 atom stereocenters. The fraction of sp³-hybridized carbons (Fsp3) is 0.308. The maximum atomic E-state index is 11.9. The number of nitrogens with one attached hydrogen (secondary N) is 2. The second-order valence-electron chi connectivity index (χ2n) is 4.46. The molecule has 0 aromatic carbocycles. The normalized spacial score (nSPS) is 10.4. The summed E-state index contributed by atoms with van der Waals surface area (Å²) < 4.78 is 1.68. The van der Waals surface area contributed by atoms with Crippen LogP contribution in [0.2, 0.25) is 0 Å². The molecule has 2 heterocycles. The van der Waals surface area contributed by atoms with Gasteiger partial charge >= 0.3 is 12.0 Å². The highest BCUT2D eigenvalue weighted by Gasteiger charge is 2.20. The Labute approximate surface area is 125 Å². The maximum absolute atomic E-state index is 11.9. The van der Waals surface area contributed by atoms with E-state index in [2.05, 4.69) is 15.7 Å².